The molecule has 34 heavy (non-hydrogen) atoms. The topological polar surface area (TPSA) is 112 Å². The van der Waals surface area contributed by atoms with Crippen LogP contribution in [0.1, 0.15) is 50.0 Å². The van der Waals surface area contributed by atoms with Crippen LogP contribution in [-0.2, 0) is 10.0 Å². The fraction of sp³-hybridized carbons (Fsp3) is 0.348. The maximum atomic E-state index is 13.5. The van der Waals surface area contributed by atoms with Gasteiger partial charge < -0.3 is 10.1 Å². The van der Waals surface area contributed by atoms with Crippen molar-refractivity contribution in [1.29, 1.82) is 0 Å². The highest BCUT2D eigenvalue weighted by Crippen LogP contribution is 2.37. The predicted molar refractivity (Wildman–Crippen MR) is 128 cm³/mol. The Morgan fingerprint density at radius 1 is 1.15 bits per heavy atom. The van der Waals surface area contributed by atoms with E-state index in [0.29, 0.717) is 14.7 Å². The number of amides is 1. The smallest absolute Gasteiger partial charge is 0.361 e. The number of benzene rings is 2. The molecule has 1 N–H and O–H groups in total. The van der Waals surface area contributed by atoms with Gasteiger partial charge in [0.2, 0.25) is 0 Å². The number of hydrogen-bond donors (Lipinski definition) is 1. The maximum absolute atomic E-state index is 13.5. The van der Waals surface area contributed by atoms with Gasteiger partial charge in [-0.25, -0.2) is 4.79 Å². The number of halogens is 1. The molecule has 0 spiro atoms. The van der Waals surface area contributed by atoms with E-state index in [4.69, 9.17) is 16.3 Å². The van der Waals surface area contributed by atoms with E-state index in [2.05, 4.69) is 10.4 Å². The molecule has 1 aliphatic rings. The van der Waals surface area contributed by atoms with Gasteiger partial charge in [0.15, 0.2) is 5.82 Å². The number of nitrogens with one attached hydrogen (secondary N) is 1. The van der Waals surface area contributed by atoms with Crippen molar-refractivity contribution >= 4 is 27.5 Å². The Labute approximate surface area is 202 Å². The highest BCUT2D eigenvalue weighted by atomic mass is 35.5. The van der Waals surface area contributed by atoms with Crippen molar-refractivity contribution in [3.8, 4) is 17.1 Å². The summed E-state index contributed by atoms with van der Waals surface area (Å²) < 4.78 is 34.2. The van der Waals surface area contributed by atoms with Crippen molar-refractivity contribution in [1.82, 2.24) is 19.1 Å². The molecule has 1 fully saturated rings. The van der Waals surface area contributed by atoms with E-state index in [-0.39, 0.29) is 34.0 Å². The fourth-order valence-electron chi connectivity index (χ4n) is 3.50. The number of methoxy groups -OCH3 is 1. The van der Waals surface area contributed by atoms with Crippen molar-refractivity contribution in [2.24, 2.45) is 0 Å². The molecule has 0 atom stereocenters. The number of aromatic nitrogens is 3. The van der Waals surface area contributed by atoms with Gasteiger partial charge in [0.1, 0.15) is 10.6 Å². The highest BCUT2D eigenvalue weighted by molar-refractivity contribution is 7.90. The van der Waals surface area contributed by atoms with Gasteiger partial charge in [-0.15, -0.1) is 5.10 Å². The molecule has 2 aromatic carbocycles. The lowest BCUT2D eigenvalue weighted by atomic mass is 10.1. The van der Waals surface area contributed by atoms with Crippen LogP contribution in [0.5, 0.6) is 5.75 Å². The summed E-state index contributed by atoms with van der Waals surface area (Å²) in [6, 6.07) is 10.5. The number of nitrogens with zero attached hydrogens (tertiary/aromatic N) is 3. The van der Waals surface area contributed by atoms with Crippen LogP contribution >= 0.6 is 11.6 Å². The Bertz CT molecular complexity index is 1420. The van der Waals surface area contributed by atoms with Gasteiger partial charge in [-0.3, -0.25) is 9.36 Å². The van der Waals surface area contributed by atoms with E-state index in [1.54, 1.807) is 24.3 Å². The molecule has 0 aliphatic heterocycles. The lowest BCUT2D eigenvalue weighted by Gasteiger charge is -2.20. The average Bonchev–Trinajstić information content (AvgIpc) is 3.54. The van der Waals surface area contributed by atoms with Gasteiger partial charge in [-0.1, -0.05) is 15.7 Å². The molecule has 0 bridgehead atoms. The lowest BCUT2D eigenvalue weighted by Crippen LogP contribution is -2.40. The monoisotopic (exact) mass is 504 g/mol. The lowest BCUT2D eigenvalue weighted by molar-refractivity contribution is 0.0919. The van der Waals surface area contributed by atoms with Crippen LogP contribution in [0.4, 0.5) is 0 Å². The highest BCUT2D eigenvalue weighted by Gasteiger charge is 2.35. The van der Waals surface area contributed by atoms with Gasteiger partial charge in [0.05, 0.1) is 7.11 Å². The Balaban J connectivity index is 1.81. The molecule has 1 amide bonds. The zero-order valence-electron chi connectivity index (χ0n) is 19.2. The van der Waals surface area contributed by atoms with Crippen molar-refractivity contribution in [3.05, 3.63) is 63.5 Å². The second kappa shape index (κ2) is 8.59. The van der Waals surface area contributed by atoms with Crippen molar-refractivity contribution in [3.63, 3.8) is 0 Å². The standard InChI is InChI=1S/C23H25ClN4O5S/c1-23(2,3)25-21(29)15-7-12-19(18(13-15)33-4)34(31,32)28-22(30)27(17-10-11-17)20(26-28)14-5-8-16(24)9-6-14/h5-9,12-13,17H,10-11H2,1-4H3,(H,25,29). The number of carbonyl (C=O) groups is 1. The molecule has 11 heteroatoms. The Kier molecular flexibility index (Phi) is 6.07. The van der Waals surface area contributed by atoms with E-state index in [0.717, 1.165) is 12.8 Å². The number of hydrogen-bond acceptors (Lipinski definition) is 6. The molecule has 0 radical (unpaired) electrons. The molecule has 1 heterocycles. The Morgan fingerprint density at radius 2 is 1.79 bits per heavy atom. The van der Waals surface area contributed by atoms with Gasteiger partial charge in [0, 0.05) is 27.7 Å². The predicted octanol–water partition coefficient (Wildman–Crippen LogP) is 3.47. The SMILES string of the molecule is COc1cc(C(=O)NC(C)(C)C)ccc1S(=O)(=O)n1nc(-c2ccc(Cl)cc2)n(C2CC2)c1=O. The van der Waals surface area contributed by atoms with E-state index < -0.39 is 21.3 Å². The normalized spacial score (nSPS) is 14.1. The van der Waals surface area contributed by atoms with Crippen LogP contribution in [0.25, 0.3) is 11.4 Å². The minimum atomic E-state index is -4.42. The summed E-state index contributed by atoms with van der Waals surface area (Å²) in [5, 5.41) is 7.53. The molecule has 0 saturated heterocycles. The molecule has 4 rings (SSSR count). The van der Waals surface area contributed by atoms with Crippen molar-refractivity contribution < 1.29 is 17.9 Å². The molecule has 1 aliphatic carbocycles. The largest absolute Gasteiger partial charge is 0.495 e. The maximum Gasteiger partial charge on any atom is 0.361 e. The van der Waals surface area contributed by atoms with Crippen molar-refractivity contribution in [2.45, 2.75) is 50.1 Å². The third-order valence-corrected chi connectivity index (χ3v) is 7.06. The third kappa shape index (κ3) is 4.60. The summed E-state index contributed by atoms with van der Waals surface area (Å²) in [4.78, 5) is 25.5. The number of rotatable bonds is 6. The summed E-state index contributed by atoms with van der Waals surface area (Å²) in [5.41, 5.74) is -0.438. The molecule has 1 aromatic heterocycles. The van der Waals surface area contributed by atoms with E-state index in [1.807, 2.05) is 20.8 Å². The fourth-order valence-corrected chi connectivity index (χ4v) is 4.93. The molecule has 1 saturated carbocycles. The molecule has 9 nitrogen and oxygen atoms in total. The molecule has 3 aromatic rings. The zero-order chi connectivity index (χ0) is 24.8. The van der Waals surface area contributed by atoms with Gasteiger partial charge in [-0.2, -0.15) is 8.42 Å². The minimum absolute atomic E-state index is 0.0672. The van der Waals surface area contributed by atoms with E-state index >= 15 is 0 Å². The van der Waals surface area contributed by atoms with Gasteiger partial charge in [0.25, 0.3) is 15.9 Å². The average molecular weight is 505 g/mol. The summed E-state index contributed by atoms with van der Waals surface area (Å²) in [7, 11) is -3.13. The summed E-state index contributed by atoms with van der Waals surface area (Å²) in [5.74, 6) is -0.203. The first-order valence-electron chi connectivity index (χ1n) is 10.7. The summed E-state index contributed by atoms with van der Waals surface area (Å²) in [6.07, 6.45) is 1.51. The van der Waals surface area contributed by atoms with Crippen LogP contribution in [0.15, 0.2) is 52.2 Å². The third-order valence-electron chi connectivity index (χ3n) is 5.22. The van der Waals surface area contributed by atoms with Crippen LogP contribution in [-0.4, -0.2) is 40.7 Å². The molecule has 0 unspecified atom stereocenters. The van der Waals surface area contributed by atoms with Crippen LogP contribution < -0.4 is 15.7 Å². The first kappa shape index (κ1) is 24.0. The van der Waals surface area contributed by atoms with E-state index in [9.17, 15) is 18.0 Å². The second-order valence-electron chi connectivity index (χ2n) is 9.13. The number of carbonyl (C=O) groups excluding carboxylic acids is 1. The summed E-state index contributed by atoms with van der Waals surface area (Å²) in [6.45, 7) is 5.51. The summed E-state index contributed by atoms with van der Waals surface area (Å²) >= 11 is 5.97. The van der Waals surface area contributed by atoms with Crippen LogP contribution in [0.3, 0.4) is 0 Å². The van der Waals surface area contributed by atoms with Crippen LogP contribution in [0, 0.1) is 0 Å². The first-order chi connectivity index (χ1) is 15.9. The molecule has 180 valence electrons. The van der Waals surface area contributed by atoms with Crippen LogP contribution in [0.2, 0.25) is 5.02 Å². The van der Waals surface area contributed by atoms with Gasteiger partial charge >= 0.3 is 5.69 Å². The Hall–Kier alpha value is -3.11. The van der Waals surface area contributed by atoms with Crippen molar-refractivity contribution in [2.75, 3.05) is 7.11 Å². The quantitative estimate of drug-likeness (QED) is 0.550. The number of ether oxygens (including phenoxy) is 1. The van der Waals surface area contributed by atoms with E-state index in [1.165, 1.54) is 29.9 Å². The second-order valence-corrected chi connectivity index (χ2v) is 11.3. The van der Waals surface area contributed by atoms with Gasteiger partial charge in [-0.05, 0) is 76.1 Å². The molecular weight excluding hydrogens is 480 g/mol. The Morgan fingerprint density at radius 3 is 2.35 bits per heavy atom. The zero-order valence-corrected chi connectivity index (χ0v) is 20.8. The molecular formula is C23H25ClN4O5S. The first-order valence-corrected chi connectivity index (χ1v) is 12.5. The minimum Gasteiger partial charge on any atom is -0.495 e.